The minimum Gasteiger partial charge on any atom is -0.381 e. The molecule has 0 bridgehead atoms. The smallest absolute Gasteiger partial charge is 0.225 e. The van der Waals surface area contributed by atoms with Gasteiger partial charge in [-0.15, -0.1) is 0 Å². The molecule has 1 N–H and O–H groups in total. The highest BCUT2D eigenvalue weighted by Gasteiger charge is 2.33. The summed E-state index contributed by atoms with van der Waals surface area (Å²) in [5.74, 6) is 1.87. The molecule has 3 nitrogen and oxygen atoms in total. The van der Waals surface area contributed by atoms with Crippen LogP contribution in [0.4, 0.5) is 0 Å². The molecule has 3 unspecified atom stereocenters. The predicted molar refractivity (Wildman–Crippen MR) is 49.2 cm³/mol. The first kappa shape index (κ1) is 9.00. The van der Waals surface area contributed by atoms with Crippen LogP contribution in [0.5, 0.6) is 0 Å². The van der Waals surface area contributed by atoms with E-state index in [0.29, 0.717) is 6.61 Å². The molecule has 0 radical (unpaired) electrons. The number of carbonyl (C=O) groups is 1. The van der Waals surface area contributed by atoms with E-state index >= 15 is 0 Å². The molecule has 0 aromatic rings. The summed E-state index contributed by atoms with van der Waals surface area (Å²) in [7, 11) is 0. The van der Waals surface area contributed by atoms with Crippen LogP contribution in [-0.2, 0) is 9.53 Å². The van der Waals surface area contributed by atoms with Crippen molar-refractivity contribution in [2.24, 2.45) is 17.8 Å². The molecule has 0 aromatic carbocycles. The Balaban J connectivity index is 1.66. The topological polar surface area (TPSA) is 38.3 Å². The van der Waals surface area contributed by atoms with Gasteiger partial charge < -0.3 is 10.1 Å². The maximum Gasteiger partial charge on any atom is 0.225 e. The third-order valence-electron chi connectivity index (χ3n) is 3.12. The summed E-state index contributed by atoms with van der Waals surface area (Å²) < 4.78 is 5.16. The maximum atomic E-state index is 11.5. The molecule has 0 spiro atoms. The van der Waals surface area contributed by atoms with Crippen LogP contribution in [0.2, 0.25) is 0 Å². The Morgan fingerprint density at radius 1 is 1.62 bits per heavy atom. The van der Waals surface area contributed by atoms with Gasteiger partial charge in [0.15, 0.2) is 0 Å². The van der Waals surface area contributed by atoms with Crippen molar-refractivity contribution in [3.8, 4) is 0 Å². The third-order valence-corrected chi connectivity index (χ3v) is 3.12. The van der Waals surface area contributed by atoms with Crippen LogP contribution in [0.3, 0.4) is 0 Å². The van der Waals surface area contributed by atoms with Gasteiger partial charge in [0, 0.05) is 13.2 Å². The molecule has 2 aliphatic rings. The Morgan fingerprint density at radius 2 is 2.38 bits per heavy atom. The number of amides is 1. The lowest BCUT2D eigenvalue weighted by Gasteiger charge is -2.08. The summed E-state index contributed by atoms with van der Waals surface area (Å²) in [6.45, 7) is 4.47. The molecule has 1 amide bonds. The quantitative estimate of drug-likeness (QED) is 0.702. The van der Waals surface area contributed by atoms with Gasteiger partial charge in [0.1, 0.15) is 0 Å². The molecule has 3 heteroatoms. The standard InChI is InChI=1S/C10H17NO2/c1-7-4-9(7)5-11-10(12)8-2-3-13-6-8/h7-9H,2-6H2,1H3,(H,11,12). The Labute approximate surface area is 78.8 Å². The Bertz CT molecular complexity index is 199. The van der Waals surface area contributed by atoms with E-state index < -0.39 is 0 Å². The molecule has 1 heterocycles. The van der Waals surface area contributed by atoms with Crippen LogP contribution in [0.25, 0.3) is 0 Å². The van der Waals surface area contributed by atoms with E-state index in [1.807, 2.05) is 0 Å². The van der Waals surface area contributed by atoms with Crippen LogP contribution in [-0.4, -0.2) is 25.7 Å². The molecule has 13 heavy (non-hydrogen) atoms. The van der Waals surface area contributed by atoms with Crippen molar-refractivity contribution in [1.29, 1.82) is 0 Å². The second-order valence-corrected chi connectivity index (χ2v) is 4.28. The van der Waals surface area contributed by atoms with Crippen LogP contribution >= 0.6 is 0 Å². The van der Waals surface area contributed by atoms with Crippen LogP contribution in [0.1, 0.15) is 19.8 Å². The second-order valence-electron chi connectivity index (χ2n) is 4.28. The first-order valence-electron chi connectivity index (χ1n) is 5.13. The zero-order chi connectivity index (χ0) is 9.26. The van der Waals surface area contributed by atoms with Gasteiger partial charge in [0.2, 0.25) is 5.91 Å². The second kappa shape index (κ2) is 3.66. The van der Waals surface area contributed by atoms with Gasteiger partial charge >= 0.3 is 0 Å². The Hall–Kier alpha value is -0.570. The monoisotopic (exact) mass is 183 g/mol. The van der Waals surface area contributed by atoms with Crippen molar-refractivity contribution in [1.82, 2.24) is 5.32 Å². The van der Waals surface area contributed by atoms with Crippen LogP contribution in [0, 0.1) is 17.8 Å². The molecule has 74 valence electrons. The average molecular weight is 183 g/mol. The van der Waals surface area contributed by atoms with Gasteiger partial charge in [-0.1, -0.05) is 6.92 Å². The largest absolute Gasteiger partial charge is 0.381 e. The number of nitrogens with one attached hydrogen (secondary N) is 1. The van der Waals surface area contributed by atoms with Gasteiger partial charge in [-0.3, -0.25) is 4.79 Å². The minimum absolute atomic E-state index is 0.119. The zero-order valence-corrected chi connectivity index (χ0v) is 8.08. The number of hydrogen-bond acceptors (Lipinski definition) is 2. The molecular weight excluding hydrogens is 166 g/mol. The molecule has 1 aliphatic heterocycles. The fraction of sp³-hybridized carbons (Fsp3) is 0.900. The molecule has 3 atom stereocenters. The van der Waals surface area contributed by atoms with E-state index in [9.17, 15) is 4.79 Å². The van der Waals surface area contributed by atoms with Crippen molar-refractivity contribution in [2.75, 3.05) is 19.8 Å². The molecular formula is C10H17NO2. The molecule has 2 rings (SSSR count). The third kappa shape index (κ3) is 2.21. The maximum absolute atomic E-state index is 11.5. The number of hydrogen-bond donors (Lipinski definition) is 1. The van der Waals surface area contributed by atoms with E-state index in [0.717, 1.165) is 31.4 Å². The minimum atomic E-state index is 0.119. The van der Waals surface area contributed by atoms with Gasteiger partial charge in [0.25, 0.3) is 0 Å². The summed E-state index contributed by atoms with van der Waals surface area (Å²) >= 11 is 0. The number of ether oxygens (including phenoxy) is 1. The average Bonchev–Trinajstić information content (AvgIpc) is 2.67. The van der Waals surface area contributed by atoms with E-state index in [4.69, 9.17) is 4.74 Å². The van der Waals surface area contributed by atoms with Gasteiger partial charge in [-0.2, -0.15) is 0 Å². The summed E-state index contributed by atoms with van der Waals surface area (Å²) in [6, 6.07) is 0. The van der Waals surface area contributed by atoms with Crippen LogP contribution < -0.4 is 5.32 Å². The number of carbonyl (C=O) groups excluding carboxylic acids is 1. The fourth-order valence-corrected chi connectivity index (χ4v) is 1.80. The number of rotatable bonds is 3. The Morgan fingerprint density at radius 3 is 2.92 bits per heavy atom. The van der Waals surface area contributed by atoms with Crippen molar-refractivity contribution in [2.45, 2.75) is 19.8 Å². The molecule has 1 saturated carbocycles. The Kier molecular flexibility index (Phi) is 2.54. The normalized spacial score (nSPS) is 37.5. The highest BCUT2D eigenvalue weighted by molar-refractivity contribution is 5.79. The van der Waals surface area contributed by atoms with Crippen molar-refractivity contribution < 1.29 is 9.53 Å². The lowest BCUT2D eigenvalue weighted by Crippen LogP contribution is -2.32. The molecule has 0 aromatic heterocycles. The molecule has 2 fully saturated rings. The van der Waals surface area contributed by atoms with Gasteiger partial charge in [-0.25, -0.2) is 0 Å². The fourth-order valence-electron chi connectivity index (χ4n) is 1.80. The first-order chi connectivity index (χ1) is 6.27. The molecule has 1 saturated heterocycles. The van der Waals surface area contributed by atoms with E-state index in [-0.39, 0.29) is 11.8 Å². The summed E-state index contributed by atoms with van der Waals surface area (Å²) in [6.07, 6.45) is 2.17. The van der Waals surface area contributed by atoms with E-state index in [1.54, 1.807) is 0 Å². The van der Waals surface area contributed by atoms with Crippen molar-refractivity contribution in [3.05, 3.63) is 0 Å². The summed E-state index contributed by atoms with van der Waals surface area (Å²) in [5, 5.41) is 3.00. The van der Waals surface area contributed by atoms with Gasteiger partial charge in [-0.05, 0) is 24.7 Å². The highest BCUT2D eigenvalue weighted by Crippen LogP contribution is 2.36. The van der Waals surface area contributed by atoms with Crippen molar-refractivity contribution >= 4 is 5.91 Å². The van der Waals surface area contributed by atoms with Crippen molar-refractivity contribution in [3.63, 3.8) is 0 Å². The SMILES string of the molecule is CC1CC1CNC(=O)C1CCOC1. The highest BCUT2D eigenvalue weighted by atomic mass is 16.5. The summed E-state index contributed by atoms with van der Waals surface area (Å²) in [4.78, 5) is 11.5. The first-order valence-corrected chi connectivity index (χ1v) is 5.13. The predicted octanol–water partition coefficient (Wildman–Crippen LogP) is 0.795. The lowest BCUT2D eigenvalue weighted by atomic mass is 10.1. The van der Waals surface area contributed by atoms with Gasteiger partial charge in [0.05, 0.1) is 12.5 Å². The van der Waals surface area contributed by atoms with Crippen LogP contribution in [0.15, 0.2) is 0 Å². The van der Waals surface area contributed by atoms with E-state index in [1.165, 1.54) is 6.42 Å². The molecule has 1 aliphatic carbocycles. The summed E-state index contributed by atoms with van der Waals surface area (Å²) in [5.41, 5.74) is 0. The lowest BCUT2D eigenvalue weighted by molar-refractivity contribution is -0.125. The zero-order valence-electron chi connectivity index (χ0n) is 8.08. The van der Waals surface area contributed by atoms with E-state index in [2.05, 4.69) is 12.2 Å².